The molecule has 1 aromatic carbocycles. The highest BCUT2D eigenvalue weighted by Crippen LogP contribution is 2.62. The number of carbonyl (C=O) groups excluding carboxylic acids is 4. The van der Waals surface area contributed by atoms with E-state index < -0.39 is 89.0 Å². The van der Waals surface area contributed by atoms with E-state index in [2.05, 4.69) is 0 Å². The molecule has 0 radical (unpaired) electrons. The summed E-state index contributed by atoms with van der Waals surface area (Å²) in [5.41, 5.74) is -6.39. The van der Waals surface area contributed by atoms with Gasteiger partial charge in [-0.2, -0.15) is 0 Å². The summed E-state index contributed by atoms with van der Waals surface area (Å²) in [7, 11) is 0. The lowest BCUT2D eigenvalue weighted by molar-refractivity contribution is -0.367. The van der Waals surface area contributed by atoms with E-state index in [4.69, 9.17) is 23.7 Å². The summed E-state index contributed by atoms with van der Waals surface area (Å²) >= 11 is 0. The van der Waals surface area contributed by atoms with Crippen LogP contribution in [0.15, 0.2) is 41.5 Å². The van der Waals surface area contributed by atoms with Gasteiger partial charge in [0.15, 0.2) is 5.60 Å². The number of fused-ring (bicyclic) bond motifs is 5. The van der Waals surface area contributed by atoms with Crippen molar-refractivity contribution in [1.82, 2.24) is 0 Å². The molecular weight excluding hydrogens is 576 g/mol. The largest absolute Gasteiger partial charge is 0.458 e. The molecule has 9 atom stereocenters. The van der Waals surface area contributed by atoms with Crippen LogP contribution in [0.4, 0.5) is 0 Å². The summed E-state index contributed by atoms with van der Waals surface area (Å²) in [4.78, 5) is 51.1. The number of benzene rings is 1. The van der Waals surface area contributed by atoms with Crippen LogP contribution in [0.3, 0.4) is 0 Å². The van der Waals surface area contributed by atoms with Gasteiger partial charge in [0, 0.05) is 45.4 Å². The Morgan fingerprint density at radius 3 is 2.05 bits per heavy atom. The summed E-state index contributed by atoms with van der Waals surface area (Å²) in [6, 6.07) is 8.03. The molecule has 0 aromatic heterocycles. The topological polar surface area (TPSA) is 175 Å². The van der Waals surface area contributed by atoms with Crippen LogP contribution in [0.5, 0.6) is 0 Å². The van der Waals surface area contributed by atoms with Crippen LogP contribution < -0.4 is 0 Å². The van der Waals surface area contributed by atoms with E-state index in [1.54, 1.807) is 39.0 Å². The van der Waals surface area contributed by atoms with E-state index in [0.717, 1.165) is 0 Å². The van der Waals surface area contributed by atoms with Crippen molar-refractivity contribution in [2.45, 2.75) is 108 Å². The zero-order chi connectivity index (χ0) is 32.4. The monoisotopic (exact) mass is 616 g/mol. The first kappa shape index (κ1) is 32.1. The van der Waals surface area contributed by atoms with Gasteiger partial charge >= 0.3 is 23.9 Å². The van der Waals surface area contributed by atoms with Gasteiger partial charge in [0.2, 0.25) is 0 Å². The second kappa shape index (κ2) is 10.9. The quantitative estimate of drug-likeness (QED) is 0.249. The minimum atomic E-state index is -2.23. The highest BCUT2D eigenvalue weighted by molar-refractivity contribution is 5.89. The Morgan fingerprint density at radius 1 is 0.886 bits per heavy atom. The van der Waals surface area contributed by atoms with Gasteiger partial charge in [0.25, 0.3) is 0 Å². The third-order valence-corrected chi connectivity index (χ3v) is 10.1. The lowest BCUT2D eigenvalue weighted by Crippen LogP contribution is -2.82. The van der Waals surface area contributed by atoms with E-state index in [1.807, 2.05) is 0 Å². The zero-order valence-electron chi connectivity index (χ0n) is 25.7. The predicted molar refractivity (Wildman–Crippen MR) is 151 cm³/mol. The average Bonchev–Trinajstić information content (AvgIpc) is 2.91. The molecule has 5 rings (SSSR count). The number of aliphatic hydroxyl groups excluding tert-OH is 1. The van der Waals surface area contributed by atoms with Crippen LogP contribution in [0.2, 0.25) is 0 Å². The molecule has 12 heteroatoms. The van der Waals surface area contributed by atoms with E-state index in [0.29, 0.717) is 11.1 Å². The number of ether oxygens (including phenoxy) is 5. The van der Waals surface area contributed by atoms with Gasteiger partial charge in [-0.1, -0.05) is 32.0 Å². The fourth-order valence-corrected chi connectivity index (χ4v) is 8.12. The second-order valence-electron chi connectivity index (χ2n) is 13.0. The van der Waals surface area contributed by atoms with Crippen LogP contribution >= 0.6 is 0 Å². The summed E-state index contributed by atoms with van der Waals surface area (Å²) < 4.78 is 29.3. The number of hydrogen-bond acceptors (Lipinski definition) is 12. The van der Waals surface area contributed by atoms with Crippen molar-refractivity contribution in [1.29, 1.82) is 0 Å². The van der Waals surface area contributed by atoms with Gasteiger partial charge < -0.3 is 39.0 Å². The van der Waals surface area contributed by atoms with Gasteiger partial charge in [-0.25, -0.2) is 4.79 Å². The van der Waals surface area contributed by atoms with Crippen LogP contribution in [0.1, 0.15) is 71.2 Å². The van der Waals surface area contributed by atoms with Crippen LogP contribution in [-0.4, -0.2) is 93.1 Å². The number of hydrogen-bond donors (Lipinski definition) is 3. The molecule has 3 fully saturated rings. The smallest absolute Gasteiger partial charge is 0.338 e. The molecule has 44 heavy (non-hydrogen) atoms. The minimum Gasteiger partial charge on any atom is -0.458 e. The van der Waals surface area contributed by atoms with Crippen molar-refractivity contribution in [3.05, 3.63) is 47.0 Å². The Kier molecular flexibility index (Phi) is 7.97. The summed E-state index contributed by atoms with van der Waals surface area (Å²) in [5.74, 6) is -4.36. The number of rotatable bonds is 5. The fourth-order valence-electron chi connectivity index (χ4n) is 8.12. The molecule has 1 aliphatic heterocycles. The fraction of sp³-hybridized carbons (Fsp3) is 0.625. The Morgan fingerprint density at radius 2 is 1.50 bits per heavy atom. The van der Waals surface area contributed by atoms with Crippen molar-refractivity contribution in [2.24, 2.45) is 11.3 Å². The van der Waals surface area contributed by atoms with Crippen LogP contribution in [-0.2, 0) is 38.1 Å². The van der Waals surface area contributed by atoms with Crippen molar-refractivity contribution < 1.29 is 58.2 Å². The normalized spacial score (nSPS) is 38.8. The van der Waals surface area contributed by atoms with Crippen molar-refractivity contribution >= 4 is 23.9 Å². The Labute approximate surface area is 255 Å². The van der Waals surface area contributed by atoms with Gasteiger partial charge in [0.05, 0.1) is 24.2 Å². The van der Waals surface area contributed by atoms with Gasteiger partial charge in [-0.3, -0.25) is 14.4 Å². The maximum atomic E-state index is 13.8. The predicted octanol–water partition coefficient (Wildman–Crippen LogP) is 1.77. The maximum Gasteiger partial charge on any atom is 0.338 e. The molecule has 0 spiro atoms. The second-order valence-corrected chi connectivity index (χ2v) is 13.0. The molecule has 1 heterocycles. The summed E-state index contributed by atoms with van der Waals surface area (Å²) in [6.07, 6.45) is -7.20. The lowest BCUT2D eigenvalue weighted by atomic mass is 9.47. The third-order valence-electron chi connectivity index (χ3n) is 10.1. The number of aliphatic hydroxyl groups is 3. The first-order chi connectivity index (χ1) is 20.5. The molecule has 240 valence electrons. The molecule has 1 aromatic rings. The molecule has 0 unspecified atom stereocenters. The van der Waals surface area contributed by atoms with E-state index in [9.17, 15) is 34.5 Å². The van der Waals surface area contributed by atoms with Crippen molar-refractivity contribution in [2.75, 3.05) is 6.61 Å². The number of esters is 4. The Balaban J connectivity index is 1.82. The zero-order valence-corrected chi connectivity index (χ0v) is 25.7. The van der Waals surface area contributed by atoms with E-state index in [-0.39, 0.29) is 25.0 Å². The first-order valence-corrected chi connectivity index (χ1v) is 14.7. The average molecular weight is 617 g/mol. The van der Waals surface area contributed by atoms with E-state index in [1.165, 1.54) is 32.9 Å². The van der Waals surface area contributed by atoms with Crippen molar-refractivity contribution in [3.8, 4) is 0 Å². The SMILES string of the molecule is CC(=O)O[C@H]1C[C@@]2(O)[C@@H](OC(=O)c3ccccc3)[C@H]3[C@](O)(C[C@H](OC(C)=O)C(=C1C)C2(C)C)[C@@H](O)C[C@H]1OC[C@]13OC(C)=O. The minimum absolute atomic E-state index is 0.149. The maximum absolute atomic E-state index is 13.8. The summed E-state index contributed by atoms with van der Waals surface area (Å²) in [6.45, 7) is 8.43. The van der Waals surface area contributed by atoms with Gasteiger partial charge in [0.1, 0.15) is 35.6 Å². The Hall–Kier alpha value is -3.32. The molecule has 2 saturated carbocycles. The molecule has 12 nitrogen and oxygen atoms in total. The number of carbonyl (C=O) groups is 4. The first-order valence-electron chi connectivity index (χ1n) is 14.7. The lowest BCUT2D eigenvalue weighted by Gasteiger charge is -2.67. The molecule has 4 aliphatic rings. The molecule has 1 saturated heterocycles. The third kappa shape index (κ3) is 4.83. The van der Waals surface area contributed by atoms with Gasteiger partial charge in [-0.05, 0) is 30.2 Å². The standard InChI is InChI=1S/C32H40O12/c1-16-21(41-17(2)33)14-32(39)27(43-28(37)20-10-8-7-9-11-20)26-30(38,13-22(42-18(3)34)25(16)29(32,5)6)23(36)12-24-31(26,15-40-24)44-19(4)35/h7-11,21-24,26-27,36,38-39H,12-15H2,1-6H3/t21-,22-,23-,24+,26-,27-,30-,31-,32+/m0/s1. The molecule has 3 aliphatic carbocycles. The molecule has 0 amide bonds. The highest BCUT2D eigenvalue weighted by Gasteiger charge is 2.77. The highest BCUT2D eigenvalue weighted by atomic mass is 16.6. The van der Waals surface area contributed by atoms with Crippen LogP contribution in [0, 0.1) is 11.3 Å². The van der Waals surface area contributed by atoms with E-state index >= 15 is 0 Å². The van der Waals surface area contributed by atoms with Crippen molar-refractivity contribution in [3.63, 3.8) is 0 Å². The molecule has 3 N–H and O–H groups in total. The molecular formula is C32H40O12. The molecule has 2 bridgehead atoms. The summed E-state index contributed by atoms with van der Waals surface area (Å²) in [5, 5.41) is 37.3. The van der Waals surface area contributed by atoms with Gasteiger partial charge in [-0.15, -0.1) is 0 Å². The Bertz CT molecular complexity index is 1390. The van der Waals surface area contributed by atoms with Crippen LogP contribution in [0.25, 0.3) is 0 Å².